The molecule has 2 aromatic rings. The van der Waals surface area contributed by atoms with E-state index in [4.69, 9.17) is 4.74 Å². The number of benzene rings is 2. The molecule has 30 heavy (non-hydrogen) atoms. The minimum Gasteiger partial charge on any atom is -0.491 e. The fraction of sp³-hybridized carbons (Fsp3) is 0.435. The molecule has 0 saturated carbocycles. The highest BCUT2D eigenvalue weighted by molar-refractivity contribution is 7.92. The number of aryl methyl sites for hydroxylation is 3. The summed E-state index contributed by atoms with van der Waals surface area (Å²) in [5.41, 5.74) is 3.66. The summed E-state index contributed by atoms with van der Waals surface area (Å²) in [4.78, 5) is 13.0. The van der Waals surface area contributed by atoms with Crippen LogP contribution in [0.25, 0.3) is 0 Å². The summed E-state index contributed by atoms with van der Waals surface area (Å²) in [7, 11) is -3.66. The number of amides is 1. The van der Waals surface area contributed by atoms with Crippen LogP contribution >= 0.6 is 0 Å². The quantitative estimate of drug-likeness (QED) is 0.655. The molecule has 2 rings (SSSR count). The van der Waals surface area contributed by atoms with Crippen molar-refractivity contribution in [3.8, 4) is 5.75 Å². The Morgan fingerprint density at radius 1 is 1.07 bits per heavy atom. The lowest BCUT2D eigenvalue weighted by Crippen LogP contribution is -2.52. The van der Waals surface area contributed by atoms with Gasteiger partial charge in [-0.3, -0.25) is 9.10 Å². The number of anilines is 1. The highest BCUT2D eigenvalue weighted by Gasteiger charge is 2.32. The SMILES string of the molecule is CC[C@@H](C(=O)N[C@H](C)COc1ccc(C)cc1)N(c1ccc(C)c(C)c1)S(C)(=O)=O. The Morgan fingerprint density at radius 2 is 1.70 bits per heavy atom. The van der Waals surface area contributed by atoms with Crippen molar-refractivity contribution in [3.05, 3.63) is 59.2 Å². The largest absolute Gasteiger partial charge is 0.491 e. The van der Waals surface area contributed by atoms with E-state index >= 15 is 0 Å². The van der Waals surface area contributed by atoms with E-state index in [-0.39, 0.29) is 18.6 Å². The summed E-state index contributed by atoms with van der Waals surface area (Å²) in [5, 5.41) is 2.89. The van der Waals surface area contributed by atoms with Crippen LogP contribution in [0.3, 0.4) is 0 Å². The van der Waals surface area contributed by atoms with E-state index < -0.39 is 16.1 Å². The van der Waals surface area contributed by atoms with Gasteiger partial charge in [0.2, 0.25) is 15.9 Å². The molecule has 1 N–H and O–H groups in total. The van der Waals surface area contributed by atoms with Gasteiger partial charge in [0.1, 0.15) is 18.4 Å². The van der Waals surface area contributed by atoms with Crippen molar-refractivity contribution in [2.24, 2.45) is 0 Å². The van der Waals surface area contributed by atoms with Crippen LogP contribution in [0.5, 0.6) is 5.75 Å². The van der Waals surface area contributed by atoms with Gasteiger partial charge in [0.05, 0.1) is 18.0 Å². The molecular weight excluding hydrogens is 400 g/mol. The van der Waals surface area contributed by atoms with Crippen LogP contribution in [0.4, 0.5) is 5.69 Å². The molecule has 0 radical (unpaired) electrons. The number of carbonyl (C=O) groups excluding carboxylic acids is 1. The zero-order chi connectivity index (χ0) is 22.5. The first-order chi connectivity index (χ1) is 14.0. The average Bonchev–Trinajstić information content (AvgIpc) is 2.66. The fourth-order valence-electron chi connectivity index (χ4n) is 3.16. The molecule has 2 aromatic carbocycles. The van der Waals surface area contributed by atoms with Gasteiger partial charge in [-0.05, 0) is 69.5 Å². The van der Waals surface area contributed by atoms with Crippen molar-refractivity contribution in [2.45, 2.75) is 53.1 Å². The van der Waals surface area contributed by atoms with Gasteiger partial charge < -0.3 is 10.1 Å². The van der Waals surface area contributed by atoms with Crippen LogP contribution in [-0.4, -0.2) is 39.3 Å². The maximum absolute atomic E-state index is 13.0. The van der Waals surface area contributed by atoms with Gasteiger partial charge in [0.15, 0.2) is 0 Å². The van der Waals surface area contributed by atoms with Crippen LogP contribution < -0.4 is 14.4 Å². The van der Waals surface area contributed by atoms with E-state index in [1.54, 1.807) is 19.1 Å². The Balaban J connectivity index is 2.14. The summed E-state index contributed by atoms with van der Waals surface area (Å²) in [5.74, 6) is 0.378. The van der Waals surface area contributed by atoms with Crippen molar-refractivity contribution in [3.63, 3.8) is 0 Å². The molecule has 0 heterocycles. The van der Waals surface area contributed by atoms with Gasteiger partial charge in [-0.15, -0.1) is 0 Å². The third kappa shape index (κ3) is 6.23. The molecule has 0 aliphatic rings. The standard InChI is InChI=1S/C23H32N2O4S/c1-7-22(25(30(6,27)28)20-11-10-17(3)18(4)14-20)23(26)24-19(5)15-29-21-12-8-16(2)9-13-21/h8-14,19,22H,7,15H2,1-6H3,(H,24,26)/t19-,22+/m1/s1. The van der Waals surface area contributed by atoms with Crippen LogP contribution in [0, 0.1) is 20.8 Å². The molecule has 0 aliphatic heterocycles. The predicted octanol–water partition coefficient (Wildman–Crippen LogP) is 3.74. The number of nitrogens with zero attached hydrogens (tertiary/aromatic N) is 1. The molecule has 1 amide bonds. The Morgan fingerprint density at radius 3 is 2.23 bits per heavy atom. The summed E-state index contributed by atoms with van der Waals surface area (Å²) in [6.45, 7) is 9.80. The fourth-order valence-corrected chi connectivity index (χ4v) is 4.36. The third-order valence-electron chi connectivity index (χ3n) is 4.98. The number of rotatable bonds is 9. The first-order valence-corrected chi connectivity index (χ1v) is 11.9. The van der Waals surface area contributed by atoms with Gasteiger partial charge in [-0.2, -0.15) is 0 Å². The smallest absolute Gasteiger partial charge is 0.244 e. The summed E-state index contributed by atoms with van der Waals surface area (Å²) in [6, 6.07) is 12.0. The lowest BCUT2D eigenvalue weighted by molar-refractivity contribution is -0.123. The Kier molecular flexibility index (Phi) is 7.89. The average molecular weight is 433 g/mol. The molecule has 2 atom stereocenters. The first-order valence-electron chi connectivity index (χ1n) is 10.1. The zero-order valence-corrected chi connectivity index (χ0v) is 19.4. The molecular formula is C23H32N2O4S. The number of nitrogens with one attached hydrogen (secondary N) is 1. The molecule has 0 aliphatic carbocycles. The van der Waals surface area contributed by atoms with Crippen LogP contribution in [0.1, 0.15) is 37.0 Å². The van der Waals surface area contributed by atoms with E-state index in [1.165, 1.54) is 4.31 Å². The topological polar surface area (TPSA) is 75.7 Å². The highest BCUT2D eigenvalue weighted by Crippen LogP contribution is 2.25. The number of hydrogen-bond donors (Lipinski definition) is 1. The third-order valence-corrected chi connectivity index (χ3v) is 6.16. The number of ether oxygens (including phenoxy) is 1. The first kappa shape index (κ1) is 23.7. The number of hydrogen-bond acceptors (Lipinski definition) is 4. The van der Waals surface area contributed by atoms with Crippen LogP contribution in [0.15, 0.2) is 42.5 Å². The van der Waals surface area contributed by atoms with Gasteiger partial charge in [-0.1, -0.05) is 30.7 Å². The number of sulfonamides is 1. The molecule has 6 nitrogen and oxygen atoms in total. The second-order valence-electron chi connectivity index (χ2n) is 7.79. The molecule has 0 unspecified atom stereocenters. The highest BCUT2D eigenvalue weighted by atomic mass is 32.2. The van der Waals surface area contributed by atoms with E-state index in [1.807, 2.05) is 58.0 Å². The van der Waals surface area contributed by atoms with Crippen LogP contribution in [-0.2, 0) is 14.8 Å². The van der Waals surface area contributed by atoms with Crippen molar-refractivity contribution in [1.82, 2.24) is 5.32 Å². The predicted molar refractivity (Wildman–Crippen MR) is 122 cm³/mol. The second kappa shape index (κ2) is 9.98. The Hall–Kier alpha value is -2.54. The second-order valence-corrected chi connectivity index (χ2v) is 9.64. The lowest BCUT2D eigenvalue weighted by atomic mass is 10.1. The molecule has 164 valence electrons. The lowest BCUT2D eigenvalue weighted by Gasteiger charge is -2.31. The molecule has 7 heteroatoms. The maximum atomic E-state index is 13.0. The summed E-state index contributed by atoms with van der Waals surface area (Å²) >= 11 is 0. The van der Waals surface area contributed by atoms with E-state index in [0.717, 1.165) is 28.7 Å². The monoisotopic (exact) mass is 432 g/mol. The Bertz CT molecular complexity index is 971. The molecule has 0 saturated heterocycles. The molecule has 0 fully saturated rings. The molecule has 0 spiro atoms. The molecule has 0 bridgehead atoms. The minimum absolute atomic E-state index is 0.283. The van der Waals surface area contributed by atoms with E-state index in [9.17, 15) is 13.2 Å². The van der Waals surface area contributed by atoms with E-state index in [0.29, 0.717) is 12.1 Å². The van der Waals surface area contributed by atoms with Gasteiger partial charge in [-0.25, -0.2) is 8.42 Å². The molecule has 0 aromatic heterocycles. The van der Waals surface area contributed by atoms with Crippen molar-refractivity contribution in [1.29, 1.82) is 0 Å². The zero-order valence-electron chi connectivity index (χ0n) is 18.6. The van der Waals surface area contributed by atoms with E-state index in [2.05, 4.69) is 5.32 Å². The van der Waals surface area contributed by atoms with Gasteiger partial charge in [0.25, 0.3) is 0 Å². The van der Waals surface area contributed by atoms with Gasteiger partial charge >= 0.3 is 0 Å². The summed E-state index contributed by atoms with van der Waals surface area (Å²) < 4.78 is 32.1. The summed E-state index contributed by atoms with van der Waals surface area (Å²) in [6.07, 6.45) is 1.47. The number of carbonyl (C=O) groups is 1. The van der Waals surface area contributed by atoms with Gasteiger partial charge in [0, 0.05) is 0 Å². The van der Waals surface area contributed by atoms with Crippen molar-refractivity contribution >= 4 is 21.6 Å². The van der Waals surface area contributed by atoms with Crippen molar-refractivity contribution in [2.75, 3.05) is 17.2 Å². The maximum Gasteiger partial charge on any atom is 0.244 e. The minimum atomic E-state index is -3.66. The van der Waals surface area contributed by atoms with Crippen molar-refractivity contribution < 1.29 is 17.9 Å². The Labute approximate surface area is 180 Å². The normalized spacial score (nSPS) is 13.4. The van der Waals surface area contributed by atoms with Crippen LogP contribution in [0.2, 0.25) is 0 Å².